The summed E-state index contributed by atoms with van der Waals surface area (Å²) in [4.78, 5) is 38.2. The summed E-state index contributed by atoms with van der Waals surface area (Å²) in [6.07, 6.45) is 68.1. The molecule has 0 aromatic rings. The summed E-state index contributed by atoms with van der Waals surface area (Å²) < 4.78 is 16.9. The Kier molecular flexibility index (Phi) is 53.8. The average Bonchev–Trinajstić information content (AvgIpc) is 3.33. The first-order chi connectivity index (χ1) is 33.0. The molecular weight excluding hydrogens is 829 g/mol. The Labute approximate surface area is 416 Å². The SMILES string of the molecule is CCCCC/C=C\C/C=C\CCCCCCCCCC(=O)OC(COC(=O)CCCCCCC/C=C\C=C/CCCCCCCCC)COC(=O)CCCCCCCCCCCCCCCC. The number of ether oxygens (including phenoxy) is 3. The highest BCUT2D eigenvalue weighted by molar-refractivity contribution is 5.71. The fourth-order valence-electron chi connectivity index (χ4n) is 8.41. The lowest BCUT2D eigenvalue weighted by molar-refractivity contribution is -0.167. The molecule has 0 aliphatic heterocycles. The van der Waals surface area contributed by atoms with Crippen molar-refractivity contribution in [3.63, 3.8) is 0 Å². The fraction of sp³-hybridized carbons (Fsp3) is 0.820. The van der Waals surface area contributed by atoms with Crippen molar-refractivity contribution >= 4 is 17.9 Å². The van der Waals surface area contributed by atoms with Gasteiger partial charge in [-0.05, 0) is 77.0 Å². The van der Waals surface area contributed by atoms with Gasteiger partial charge in [0.05, 0.1) is 0 Å². The number of allylic oxidation sites excluding steroid dienone is 8. The van der Waals surface area contributed by atoms with Gasteiger partial charge in [0.2, 0.25) is 0 Å². The number of unbranched alkanes of at least 4 members (excludes halogenated alkanes) is 35. The third kappa shape index (κ3) is 54.2. The Bertz CT molecular complexity index is 1170. The molecule has 0 aromatic carbocycles. The first kappa shape index (κ1) is 64.4. The van der Waals surface area contributed by atoms with E-state index in [0.717, 1.165) is 89.9 Å². The molecule has 1 unspecified atom stereocenters. The second-order valence-corrected chi connectivity index (χ2v) is 19.6. The Morgan fingerprint density at radius 2 is 0.582 bits per heavy atom. The first-order valence-electron chi connectivity index (χ1n) is 29.2. The Hall–Kier alpha value is -2.63. The summed E-state index contributed by atoms with van der Waals surface area (Å²) in [6, 6.07) is 0. The molecule has 0 saturated heterocycles. The molecule has 6 nitrogen and oxygen atoms in total. The Morgan fingerprint density at radius 1 is 0.313 bits per heavy atom. The molecular formula is C61H110O6. The molecule has 0 aliphatic carbocycles. The predicted octanol–water partition coefficient (Wildman–Crippen LogP) is 19.4. The lowest BCUT2D eigenvalue weighted by Crippen LogP contribution is -2.30. The minimum atomic E-state index is -0.782. The molecule has 390 valence electrons. The van der Waals surface area contributed by atoms with E-state index in [0.29, 0.717) is 19.3 Å². The van der Waals surface area contributed by atoms with Gasteiger partial charge in [-0.15, -0.1) is 0 Å². The second kappa shape index (κ2) is 56.0. The van der Waals surface area contributed by atoms with Gasteiger partial charge in [-0.3, -0.25) is 14.4 Å². The monoisotopic (exact) mass is 939 g/mol. The van der Waals surface area contributed by atoms with Crippen LogP contribution in [0.5, 0.6) is 0 Å². The van der Waals surface area contributed by atoms with E-state index < -0.39 is 6.10 Å². The molecule has 0 bridgehead atoms. The minimum Gasteiger partial charge on any atom is -0.462 e. The van der Waals surface area contributed by atoms with Crippen molar-refractivity contribution < 1.29 is 28.6 Å². The third-order valence-corrected chi connectivity index (χ3v) is 12.8. The molecule has 0 N–H and O–H groups in total. The van der Waals surface area contributed by atoms with Crippen molar-refractivity contribution in [3.8, 4) is 0 Å². The molecule has 0 aromatic heterocycles. The van der Waals surface area contributed by atoms with Crippen LogP contribution >= 0.6 is 0 Å². The molecule has 6 heteroatoms. The molecule has 67 heavy (non-hydrogen) atoms. The van der Waals surface area contributed by atoms with Crippen LogP contribution in [0.3, 0.4) is 0 Å². The normalized spacial score (nSPS) is 12.3. The van der Waals surface area contributed by atoms with Crippen LogP contribution in [0.4, 0.5) is 0 Å². The van der Waals surface area contributed by atoms with Gasteiger partial charge in [0.1, 0.15) is 13.2 Å². The van der Waals surface area contributed by atoms with Crippen molar-refractivity contribution in [2.75, 3.05) is 13.2 Å². The molecule has 0 spiro atoms. The van der Waals surface area contributed by atoms with Crippen LogP contribution < -0.4 is 0 Å². The first-order valence-corrected chi connectivity index (χ1v) is 29.2. The maximum absolute atomic E-state index is 12.9. The molecule has 0 radical (unpaired) electrons. The van der Waals surface area contributed by atoms with Gasteiger partial charge < -0.3 is 14.2 Å². The lowest BCUT2D eigenvalue weighted by Gasteiger charge is -2.18. The summed E-state index contributed by atoms with van der Waals surface area (Å²) in [5, 5.41) is 0. The smallest absolute Gasteiger partial charge is 0.306 e. The second-order valence-electron chi connectivity index (χ2n) is 19.6. The Morgan fingerprint density at radius 3 is 0.940 bits per heavy atom. The van der Waals surface area contributed by atoms with E-state index in [1.54, 1.807) is 0 Å². The summed E-state index contributed by atoms with van der Waals surface area (Å²) in [7, 11) is 0. The number of hydrogen-bond donors (Lipinski definition) is 0. The molecule has 0 saturated carbocycles. The van der Waals surface area contributed by atoms with Gasteiger partial charge in [0.25, 0.3) is 0 Å². The van der Waals surface area contributed by atoms with Crippen LogP contribution in [0.2, 0.25) is 0 Å². The van der Waals surface area contributed by atoms with Crippen LogP contribution in [0.25, 0.3) is 0 Å². The number of hydrogen-bond acceptors (Lipinski definition) is 6. The van der Waals surface area contributed by atoms with E-state index in [9.17, 15) is 14.4 Å². The quantitative estimate of drug-likeness (QED) is 0.0199. The van der Waals surface area contributed by atoms with Gasteiger partial charge in [-0.25, -0.2) is 0 Å². The maximum Gasteiger partial charge on any atom is 0.306 e. The lowest BCUT2D eigenvalue weighted by atomic mass is 10.0. The highest BCUT2D eigenvalue weighted by Gasteiger charge is 2.19. The number of rotatable bonds is 53. The van der Waals surface area contributed by atoms with Crippen molar-refractivity contribution in [3.05, 3.63) is 48.6 Å². The van der Waals surface area contributed by atoms with E-state index in [4.69, 9.17) is 14.2 Å². The van der Waals surface area contributed by atoms with E-state index >= 15 is 0 Å². The third-order valence-electron chi connectivity index (χ3n) is 12.8. The number of carbonyl (C=O) groups is 3. The number of carbonyl (C=O) groups excluding carboxylic acids is 3. The van der Waals surface area contributed by atoms with Crippen LogP contribution in [-0.4, -0.2) is 37.2 Å². The molecule has 1 atom stereocenters. The standard InChI is InChI=1S/C61H110O6/c1-4-7-10-13-16-19-22-25-28-30-32-33-36-39-42-45-48-51-54-60(63)66-57-58(56-65-59(62)53-50-47-44-41-38-35-27-24-21-18-15-12-9-6-3)67-61(64)55-52-49-46-43-40-37-34-31-29-26-23-20-17-14-11-8-5-2/h17,20,26,28-30,32-33,58H,4-16,18-19,21-25,27,31,34-57H2,1-3H3/b20-17-,29-26-,30-28-,33-32-. The predicted molar refractivity (Wildman–Crippen MR) is 289 cm³/mol. The van der Waals surface area contributed by atoms with Crippen LogP contribution in [-0.2, 0) is 28.6 Å². The van der Waals surface area contributed by atoms with E-state index in [-0.39, 0.29) is 31.1 Å². The summed E-state index contributed by atoms with van der Waals surface area (Å²) in [6.45, 7) is 6.62. The fourth-order valence-corrected chi connectivity index (χ4v) is 8.41. The van der Waals surface area contributed by atoms with Crippen molar-refractivity contribution in [1.82, 2.24) is 0 Å². The van der Waals surface area contributed by atoms with Crippen LogP contribution in [0.15, 0.2) is 48.6 Å². The summed E-state index contributed by atoms with van der Waals surface area (Å²) >= 11 is 0. The van der Waals surface area contributed by atoms with Crippen LogP contribution in [0.1, 0.15) is 303 Å². The topological polar surface area (TPSA) is 78.9 Å². The van der Waals surface area contributed by atoms with E-state index in [1.807, 2.05) is 0 Å². The highest BCUT2D eigenvalue weighted by Crippen LogP contribution is 2.16. The van der Waals surface area contributed by atoms with Crippen molar-refractivity contribution in [2.45, 2.75) is 309 Å². The zero-order valence-electron chi connectivity index (χ0n) is 44.7. The van der Waals surface area contributed by atoms with Gasteiger partial charge in [-0.1, -0.05) is 256 Å². The largest absolute Gasteiger partial charge is 0.462 e. The van der Waals surface area contributed by atoms with E-state index in [1.165, 1.54) is 173 Å². The van der Waals surface area contributed by atoms with Gasteiger partial charge in [-0.2, -0.15) is 0 Å². The summed E-state index contributed by atoms with van der Waals surface area (Å²) in [5.41, 5.74) is 0. The van der Waals surface area contributed by atoms with E-state index in [2.05, 4.69) is 69.4 Å². The highest BCUT2D eigenvalue weighted by atomic mass is 16.6. The van der Waals surface area contributed by atoms with Crippen molar-refractivity contribution in [1.29, 1.82) is 0 Å². The Balaban J connectivity index is 4.39. The average molecular weight is 940 g/mol. The molecule has 0 amide bonds. The maximum atomic E-state index is 12.9. The number of esters is 3. The van der Waals surface area contributed by atoms with Crippen molar-refractivity contribution in [2.24, 2.45) is 0 Å². The molecule has 0 aliphatic rings. The zero-order chi connectivity index (χ0) is 48.6. The molecule has 0 heterocycles. The molecule has 0 rings (SSSR count). The van der Waals surface area contributed by atoms with Crippen LogP contribution in [0, 0.1) is 0 Å². The summed E-state index contributed by atoms with van der Waals surface area (Å²) in [5.74, 6) is -0.887. The molecule has 0 fully saturated rings. The van der Waals surface area contributed by atoms with Gasteiger partial charge in [0.15, 0.2) is 6.10 Å². The van der Waals surface area contributed by atoms with Gasteiger partial charge in [0, 0.05) is 19.3 Å². The van der Waals surface area contributed by atoms with Gasteiger partial charge >= 0.3 is 17.9 Å². The zero-order valence-corrected chi connectivity index (χ0v) is 44.7. The minimum absolute atomic E-state index is 0.0785.